The zero-order valence-corrected chi connectivity index (χ0v) is 7.61. The fraction of sp³-hybridized carbons (Fsp3) is 0.333. The maximum atomic E-state index is 5.53. The van der Waals surface area contributed by atoms with E-state index in [4.69, 9.17) is 10.3 Å². The predicted molar refractivity (Wildman–Crippen MR) is 50.3 cm³/mol. The lowest BCUT2D eigenvalue weighted by atomic mass is 10.1. The molecule has 68 valence electrons. The Hall–Kier alpha value is -1.58. The highest BCUT2D eigenvalue weighted by atomic mass is 16.5. The van der Waals surface area contributed by atoms with Crippen LogP contribution in [0.25, 0.3) is 11.0 Å². The van der Waals surface area contributed by atoms with Crippen molar-refractivity contribution in [3.8, 4) is 0 Å². The molecule has 2 heterocycles. The molecule has 2 aromatic heterocycles. The molecule has 0 aromatic carbocycles. The summed E-state index contributed by atoms with van der Waals surface area (Å²) in [6.07, 6.45) is 0. The Bertz CT molecular complexity index is 433. The highest BCUT2D eigenvalue weighted by Gasteiger charge is 2.08. The number of rotatable bonds is 1. The van der Waals surface area contributed by atoms with Gasteiger partial charge in [0.2, 0.25) is 11.5 Å². The summed E-state index contributed by atoms with van der Waals surface area (Å²) in [6.45, 7) is 4.16. The van der Waals surface area contributed by atoms with Crippen LogP contribution in [0.4, 0.5) is 5.88 Å². The number of nitrogen functional groups attached to an aromatic ring is 1. The summed E-state index contributed by atoms with van der Waals surface area (Å²) in [6, 6.07) is 3.84. The fourth-order valence-corrected chi connectivity index (χ4v) is 1.19. The molecule has 0 aliphatic heterocycles. The van der Waals surface area contributed by atoms with Crippen LogP contribution in [-0.2, 0) is 0 Å². The van der Waals surface area contributed by atoms with Crippen LogP contribution in [0.5, 0.6) is 0 Å². The summed E-state index contributed by atoms with van der Waals surface area (Å²) in [4.78, 5) is 4.31. The van der Waals surface area contributed by atoms with Gasteiger partial charge in [-0.1, -0.05) is 19.0 Å². The van der Waals surface area contributed by atoms with Crippen molar-refractivity contribution < 1.29 is 4.52 Å². The number of pyridine rings is 1. The maximum absolute atomic E-state index is 5.53. The van der Waals surface area contributed by atoms with E-state index in [0.717, 1.165) is 11.1 Å². The van der Waals surface area contributed by atoms with Gasteiger partial charge >= 0.3 is 0 Å². The molecular formula is C9H11N3O. The van der Waals surface area contributed by atoms with Crippen LogP contribution in [0.2, 0.25) is 0 Å². The van der Waals surface area contributed by atoms with Crippen molar-refractivity contribution in [2.45, 2.75) is 19.8 Å². The summed E-state index contributed by atoms with van der Waals surface area (Å²) in [5.41, 5.74) is 7.12. The van der Waals surface area contributed by atoms with Gasteiger partial charge in [0.25, 0.3) is 0 Å². The molecule has 0 radical (unpaired) electrons. The van der Waals surface area contributed by atoms with Crippen LogP contribution in [0.15, 0.2) is 16.7 Å². The minimum absolute atomic E-state index is 0.331. The van der Waals surface area contributed by atoms with Crippen molar-refractivity contribution in [3.05, 3.63) is 17.8 Å². The third-order valence-electron chi connectivity index (χ3n) is 1.98. The Kier molecular flexibility index (Phi) is 1.69. The molecular weight excluding hydrogens is 166 g/mol. The zero-order chi connectivity index (χ0) is 9.42. The first-order chi connectivity index (χ1) is 6.18. The van der Waals surface area contributed by atoms with E-state index < -0.39 is 0 Å². The Morgan fingerprint density at radius 3 is 2.85 bits per heavy atom. The van der Waals surface area contributed by atoms with Crippen molar-refractivity contribution in [1.82, 2.24) is 10.1 Å². The molecule has 0 bridgehead atoms. The largest absolute Gasteiger partial charge is 0.367 e. The second-order valence-corrected chi connectivity index (χ2v) is 3.31. The first-order valence-electron chi connectivity index (χ1n) is 4.20. The summed E-state index contributed by atoms with van der Waals surface area (Å²) >= 11 is 0. The zero-order valence-electron chi connectivity index (χ0n) is 7.61. The average molecular weight is 177 g/mol. The third-order valence-corrected chi connectivity index (χ3v) is 1.98. The number of anilines is 1. The molecule has 2 N–H and O–H groups in total. The number of hydrogen-bond donors (Lipinski definition) is 1. The Labute approximate surface area is 75.7 Å². The van der Waals surface area contributed by atoms with Crippen molar-refractivity contribution in [3.63, 3.8) is 0 Å². The van der Waals surface area contributed by atoms with E-state index in [1.54, 1.807) is 0 Å². The lowest BCUT2D eigenvalue weighted by Crippen LogP contribution is -1.92. The lowest BCUT2D eigenvalue weighted by Gasteiger charge is -2.01. The minimum Gasteiger partial charge on any atom is -0.367 e. The minimum atomic E-state index is 0.331. The van der Waals surface area contributed by atoms with Gasteiger partial charge < -0.3 is 10.3 Å². The predicted octanol–water partition coefficient (Wildman–Crippen LogP) is 1.93. The quantitative estimate of drug-likeness (QED) is 0.722. The molecule has 0 saturated heterocycles. The average Bonchev–Trinajstić information content (AvgIpc) is 2.47. The highest BCUT2D eigenvalue weighted by molar-refractivity contribution is 5.84. The summed E-state index contributed by atoms with van der Waals surface area (Å²) in [5.74, 6) is 0.722. The van der Waals surface area contributed by atoms with E-state index >= 15 is 0 Å². The molecule has 0 unspecified atom stereocenters. The van der Waals surface area contributed by atoms with Crippen molar-refractivity contribution in [1.29, 1.82) is 0 Å². The molecule has 0 atom stereocenters. The van der Waals surface area contributed by atoms with Crippen molar-refractivity contribution in [2.75, 3.05) is 5.73 Å². The lowest BCUT2D eigenvalue weighted by molar-refractivity contribution is 0.443. The normalized spacial score (nSPS) is 11.3. The summed E-state index contributed by atoms with van der Waals surface area (Å²) in [7, 11) is 0. The van der Waals surface area contributed by atoms with Gasteiger partial charge in [0, 0.05) is 5.69 Å². The Morgan fingerprint density at radius 1 is 1.38 bits per heavy atom. The van der Waals surface area contributed by atoms with Gasteiger partial charge in [-0.2, -0.15) is 0 Å². The second-order valence-electron chi connectivity index (χ2n) is 3.31. The smallest absolute Gasteiger partial charge is 0.231 e. The summed E-state index contributed by atoms with van der Waals surface area (Å²) < 4.78 is 4.81. The van der Waals surface area contributed by atoms with Crippen LogP contribution in [-0.4, -0.2) is 10.1 Å². The standard InChI is InChI=1S/C9H11N3O/c1-5(2)7-4-3-6-8(10)13-12-9(6)11-7/h3-5H,10H2,1-2H3. The molecule has 13 heavy (non-hydrogen) atoms. The van der Waals surface area contributed by atoms with Gasteiger partial charge in [-0.3, -0.25) is 0 Å². The SMILES string of the molecule is CC(C)c1ccc2c(N)onc2n1. The van der Waals surface area contributed by atoms with Gasteiger partial charge in [-0.05, 0) is 18.1 Å². The van der Waals surface area contributed by atoms with Gasteiger partial charge in [0.1, 0.15) is 0 Å². The van der Waals surface area contributed by atoms with Gasteiger partial charge in [0.05, 0.1) is 5.39 Å². The van der Waals surface area contributed by atoms with E-state index in [1.165, 1.54) is 0 Å². The van der Waals surface area contributed by atoms with E-state index in [-0.39, 0.29) is 0 Å². The first-order valence-corrected chi connectivity index (χ1v) is 4.20. The molecule has 4 nitrogen and oxygen atoms in total. The van der Waals surface area contributed by atoms with Crippen molar-refractivity contribution >= 4 is 16.9 Å². The van der Waals surface area contributed by atoms with Crippen molar-refractivity contribution in [2.24, 2.45) is 0 Å². The topological polar surface area (TPSA) is 64.9 Å². The molecule has 0 amide bonds. The molecule has 0 aliphatic rings. The monoisotopic (exact) mass is 177 g/mol. The van der Waals surface area contributed by atoms with Gasteiger partial charge in [-0.15, -0.1) is 0 Å². The van der Waals surface area contributed by atoms with E-state index in [1.807, 2.05) is 12.1 Å². The Morgan fingerprint density at radius 2 is 2.15 bits per heavy atom. The molecule has 0 saturated carbocycles. The molecule has 2 aromatic rings. The highest BCUT2D eigenvalue weighted by Crippen LogP contribution is 2.21. The maximum Gasteiger partial charge on any atom is 0.231 e. The summed E-state index contributed by atoms with van der Waals surface area (Å²) in [5, 5.41) is 4.53. The van der Waals surface area contributed by atoms with Crippen LogP contribution in [0, 0.1) is 0 Å². The number of hydrogen-bond acceptors (Lipinski definition) is 4. The van der Waals surface area contributed by atoms with Crippen LogP contribution in [0.3, 0.4) is 0 Å². The molecule has 0 aliphatic carbocycles. The van der Waals surface area contributed by atoms with Crippen LogP contribution >= 0.6 is 0 Å². The second kappa shape index (κ2) is 2.73. The molecule has 0 spiro atoms. The van der Waals surface area contributed by atoms with E-state index in [0.29, 0.717) is 17.4 Å². The van der Waals surface area contributed by atoms with E-state index in [2.05, 4.69) is 24.0 Å². The first kappa shape index (κ1) is 8.04. The fourth-order valence-electron chi connectivity index (χ4n) is 1.19. The number of nitrogens with zero attached hydrogens (tertiary/aromatic N) is 2. The van der Waals surface area contributed by atoms with Gasteiger partial charge in [-0.25, -0.2) is 4.98 Å². The number of nitrogens with two attached hydrogens (primary N) is 1. The molecule has 0 fully saturated rings. The van der Waals surface area contributed by atoms with Crippen LogP contribution in [0.1, 0.15) is 25.5 Å². The number of aromatic nitrogens is 2. The van der Waals surface area contributed by atoms with Gasteiger partial charge in [0.15, 0.2) is 0 Å². The van der Waals surface area contributed by atoms with Crippen LogP contribution < -0.4 is 5.73 Å². The molecule has 2 rings (SSSR count). The third kappa shape index (κ3) is 1.24. The molecule has 4 heteroatoms. The van der Waals surface area contributed by atoms with E-state index in [9.17, 15) is 0 Å². The Balaban J connectivity index is 2.63. The number of fused-ring (bicyclic) bond motifs is 1.